The Balaban J connectivity index is 1.74. The van der Waals surface area contributed by atoms with E-state index >= 15 is 0 Å². The van der Waals surface area contributed by atoms with Gasteiger partial charge in [0.15, 0.2) is 11.5 Å². The van der Waals surface area contributed by atoms with Crippen molar-refractivity contribution in [1.29, 1.82) is 0 Å². The monoisotopic (exact) mass is 750 g/mol. The van der Waals surface area contributed by atoms with Crippen molar-refractivity contribution in [1.82, 2.24) is 0 Å². The molecule has 2 unspecified atom stereocenters. The molecule has 7 aromatic carbocycles. The highest BCUT2D eigenvalue weighted by atomic mass is 32.2. The molecule has 1 aliphatic heterocycles. The van der Waals surface area contributed by atoms with Crippen LogP contribution < -0.4 is 29.8 Å². The first-order chi connectivity index (χ1) is 25.6. The number of methoxy groups -OCH3 is 2. The van der Waals surface area contributed by atoms with Crippen molar-refractivity contribution < 1.29 is 39.4 Å². The first kappa shape index (κ1) is 34.9. The van der Waals surface area contributed by atoms with Gasteiger partial charge in [-0.2, -0.15) is 0 Å². The molecule has 0 fully saturated rings. The minimum Gasteiger partial charge on any atom is -0.506 e. The lowest BCUT2D eigenvalue weighted by molar-refractivity contribution is 0.119. The Morgan fingerprint density at radius 3 is 1.32 bits per heavy atom. The third-order valence-corrected chi connectivity index (χ3v) is 11.7. The van der Waals surface area contributed by atoms with Crippen molar-refractivity contribution in [2.24, 2.45) is 0 Å². The second-order valence-corrected chi connectivity index (χ2v) is 15.2. The lowest BCUT2D eigenvalue weighted by Gasteiger charge is -2.25. The summed E-state index contributed by atoms with van der Waals surface area (Å²) in [7, 11) is 2.69. The highest BCUT2D eigenvalue weighted by Crippen LogP contribution is 2.60. The molecule has 12 heteroatoms. The number of aromatic hydroxyl groups is 2. The number of rotatable bonds is 10. The van der Waals surface area contributed by atoms with Crippen molar-refractivity contribution in [2.75, 3.05) is 21.0 Å². The molecule has 7 aromatic rings. The van der Waals surface area contributed by atoms with Gasteiger partial charge in [0.05, 0.1) is 47.0 Å². The van der Waals surface area contributed by atoms with Crippen molar-refractivity contribution in [3.63, 3.8) is 0 Å². The fourth-order valence-electron chi connectivity index (χ4n) is 7.62. The quantitative estimate of drug-likeness (QED) is 0.0827. The Morgan fingerprint density at radius 1 is 0.604 bits per heavy atom. The molecular weight excluding hydrogens is 717 g/mol. The molecule has 270 valence electrons. The number of aliphatic hydroxyl groups is 2. The summed E-state index contributed by atoms with van der Waals surface area (Å²) in [6, 6.07) is 18.6. The summed E-state index contributed by atoms with van der Waals surface area (Å²) in [6.45, 7) is 2.82. The Labute approximate surface area is 311 Å². The summed E-state index contributed by atoms with van der Waals surface area (Å²) in [6.07, 6.45) is -2.01. The van der Waals surface area contributed by atoms with E-state index in [-0.39, 0.29) is 74.7 Å². The van der Waals surface area contributed by atoms with Crippen molar-refractivity contribution in [3.8, 4) is 34.5 Å². The van der Waals surface area contributed by atoms with Gasteiger partial charge in [0, 0.05) is 55.3 Å². The Bertz CT molecular complexity index is 2500. The standard InChI is InChI=1S/C41H34O10S2/c1-18(42)15-22-24-25-23(16-19(2)43)37(49-4)33(45)31-27(25)29-28-26(24)30(32(44)36(22)48-3)34(46)40(52-20-11-7-5-8-12-20)38(28)50-17-51-39(29)41(35(31)47)53-21-13-9-6-10-14-21/h5-14,18-19,42-43,46-47H,15-17H2,1-4H3. The normalized spacial score (nSPS) is 13.8. The maximum Gasteiger partial charge on any atom is 0.232 e. The van der Waals surface area contributed by atoms with Crippen molar-refractivity contribution >= 4 is 66.6 Å². The number of phenols is 2. The van der Waals surface area contributed by atoms with Gasteiger partial charge in [-0.15, -0.1) is 0 Å². The van der Waals surface area contributed by atoms with Gasteiger partial charge in [0.2, 0.25) is 17.7 Å². The summed E-state index contributed by atoms with van der Waals surface area (Å²) >= 11 is 2.39. The minimum atomic E-state index is -0.955. The number of hydrogen-bond acceptors (Lipinski definition) is 12. The molecule has 10 nitrogen and oxygen atoms in total. The van der Waals surface area contributed by atoms with Crippen LogP contribution in [0, 0.1) is 0 Å². The van der Waals surface area contributed by atoms with Crippen LogP contribution in [0.5, 0.6) is 34.5 Å². The number of benzene rings is 7. The molecule has 2 atom stereocenters. The average molecular weight is 751 g/mol. The maximum atomic E-state index is 14.7. The van der Waals surface area contributed by atoms with E-state index < -0.39 is 23.1 Å². The van der Waals surface area contributed by atoms with E-state index in [0.29, 0.717) is 43.4 Å². The lowest BCUT2D eigenvalue weighted by Crippen LogP contribution is -2.18. The van der Waals surface area contributed by atoms with Gasteiger partial charge in [0.25, 0.3) is 0 Å². The largest absolute Gasteiger partial charge is 0.506 e. The van der Waals surface area contributed by atoms with Crippen LogP contribution in [0.4, 0.5) is 0 Å². The van der Waals surface area contributed by atoms with Gasteiger partial charge in [-0.05, 0) is 48.9 Å². The fourth-order valence-corrected chi connectivity index (χ4v) is 9.58. The van der Waals surface area contributed by atoms with Gasteiger partial charge < -0.3 is 39.4 Å². The number of ether oxygens (including phenoxy) is 4. The Hall–Kier alpha value is -5.14. The van der Waals surface area contributed by atoms with Gasteiger partial charge >= 0.3 is 0 Å². The van der Waals surface area contributed by atoms with Gasteiger partial charge in [-0.1, -0.05) is 59.9 Å². The van der Waals surface area contributed by atoms with E-state index in [1.54, 1.807) is 13.8 Å². The summed E-state index contributed by atoms with van der Waals surface area (Å²) in [5, 5.41) is 48.3. The predicted molar refractivity (Wildman–Crippen MR) is 206 cm³/mol. The van der Waals surface area contributed by atoms with E-state index in [4.69, 9.17) is 18.9 Å². The van der Waals surface area contributed by atoms with Crippen LogP contribution >= 0.6 is 23.5 Å². The number of phenolic OH excluding ortho intramolecular Hbond substituents is 2. The summed E-state index contributed by atoms with van der Waals surface area (Å²) in [5.74, 6) is -0.460. The highest BCUT2D eigenvalue weighted by Gasteiger charge is 2.37. The molecule has 0 bridgehead atoms. The van der Waals surface area contributed by atoms with Crippen LogP contribution in [0.3, 0.4) is 0 Å². The zero-order chi connectivity index (χ0) is 37.3. The van der Waals surface area contributed by atoms with Crippen LogP contribution in [-0.2, 0) is 12.8 Å². The van der Waals surface area contributed by atoms with E-state index in [2.05, 4.69) is 0 Å². The molecule has 1 heterocycles. The molecule has 0 saturated heterocycles. The molecule has 0 radical (unpaired) electrons. The van der Waals surface area contributed by atoms with Gasteiger partial charge in [-0.25, -0.2) is 0 Å². The second kappa shape index (κ2) is 13.4. The zero-order valence-electron chi connectivity index (χ0n) is 29.1. The maximum absolute atomic E-state index is 14.7. The minimum absolute atomic E-state index is 0.0513. The molecule has 53 heavy (non-hydrogen) atoms. The molecule has 0 saturated carbocycles. The smallest absolute Gasteiger partial charge is 0.232 e. The Kier molecular flexibility index (Phi) is 8.81. The SMILES string of the molecule is COc1c(CC(C)O)c2c3c(CC(C)O)c(OC)c(=O)c4c(O)c(Sc5ccccc5)c5c(c6c(c(Sc7ccccc7)c(O)c(c1=O)c26)OCO5)c43. The van der Waals surface area contributed by atoms with Crippen LogP contribution in [0.15, 0.2) is 89.8 Å². The second-order valence-electron chi connectivity index (χ2n) is 13.0. The van der Waals surface area contributed by atoms with E-state index in [0.717, 1.165) is 9.79 Å². The van der Waals surface area contributed by atoms with Crippen molar-refractivity contribution in [2.45, 2.75) is 58.5 Å². The number of aliphatic hydroxyl groups excluding tert-OH is 2. The van der Waals surface area contributed by atoms with Crippen LogP contribution in [0.2, 0.25) is 0 Å². The summed E-state index contributed by atoms with van der Waals surface area (Å²) in [4.78, 5) is 31.4. The summed E-state index contributed by atoms with van der Waals surface area (Å²) in [5.41, 5.74) is -0.576. The van der Waals surface area contributed by atoms with Crippen molar-refractivity contribution in [3.05, 3.63) is 92.2 Å². The fraction of sp³-hybridized carbons (Fsp3) is 0.220. The molecule has 0 amide bonds. The third kappa shape index (κ3) is 5.34. The molecule has 0 aliphatic carbocycles. The van der Waals surface area contributed by atoms with E-state index in [9.17, 15) is 30.0 Å². The van der Waals surface area contributed by atoms with E-state index in [1.165, 1.54) is 37.7 Å². The molecule has 1 aliphatic rings. The molecule has 0 spiro atoms. The lowest BCUT2D eigenvalue weighted by atomic mass is 9.82. The molecule has 0 aromatic heterocycles. The zero-order valence-corrected chi connectivity index (χ0v) is 30.7. The Morgan fingerprint density at radius 2 is 0.981 bits per heavy atom. The summed E-state index contributed by atoms with van der Waals surface area (Å²) < 4.78 is 24.4. The molecule has 4 N–H and O–H groups in total. The molecule has 8 rings (SSSR count). The first-order valence-corrected chi connectivity index (χ1v) is 18.5. The van der Waals surface area contributed by atoms with Crippen LogP contribution in [-0.4, -0.2) is 53.6 Å². The van der Waals surface area contributed by atoms with Gasteiger partial charge in [0.1, 0.15) is 23.0 Å². The third-order valence-electron chi connectivity index (χ3n) is 9.53. The number of hydrogen-bond donors (Lipinski definition) is 4. The van der Waals surface area contributed by atoms with Gasteiger partial charge in [-0.3, -0.25) is 9.59 Å². The average Bonchev–Trinajstić information content (AvgIpc) is 3.33. The predicted octanol–water partition coefficient (Wildman–Crippen LogP) is 7.20. The molecular formula is C41H34O10S2. The number of fused-ring (bicyclic) bond motifs is 1. The highest BCUT2D eigenvalue weighted by molar-refractivity contribution is 7.99. The van der Waals surface area contributed by atoms with E-state index in [1.807, 2.05) is 60.7 Å². The first-order valence-electron chi connectivity index (χ1n) is 16.9. The van der Waals surface area contributed by atoms with Crippen LogP contribution in [0.1, 0.15) is 25.0 Å². The van der Waals surface area contributed by atoms with Crippen LogP contribution in [0.25, 0.3) is 43.1 Å². The topological polar surface area (TPSA) is 152 Å².